The first-order chi connectivity index (χ1) is 15.1. The summed E-state index contributed by atoms with van der Waals surface area (Å²) in [4.78, 5) is 29.4. The van der Waals surface area contributed by atoms with Gasteiger partial charge in [-0.15, -0.1) is 11.3 Å². The highest BCUT2D eigenvalue weighted by molar-refractivity contribution is 7.11. The van der Waals surface area contributed by atoms with Gasteiger partial charge in [0.2, 0.25) is 0 Å². The maximum atomic E-state index is 13.3. The van der Waals surface area contributed by atoms with Gasteiger partial charge >= 0.3 is 0 Å². The van der Waals surface area contributed by atoms with E-state index < -0.39 is 0 Å². The van der Waals surface area contributed by atoms with E-state index in [-0.39, 0.29) is 11.5 Å². The number of rotatable bonds is 8. The van der Waals surface area contributed by atoms with Gasteiger partial charge in [0.15, 0.2) is 5.76 Å². The monoisotopic (exact) mass is 432 g/mol. The molecule has 1 aromatic carbocycles. The Morgan fingerprint density at radius 1 is 1.00 bits per heavy atom. The van der Waals surface area contributed by atoms with E-state index in [9.17, 15) is 9.59 Å². The fraction of sp³-hybridized carbons (Fsp3) is 0.200. The van der Waals surface area contributed by atoms with E-state index in [2.05, 4.69) is 31.2 Å². The van der Waals surface area contributed by atoms with Crippen molar-refractivity contribution in [2.45, 2.75) is 26.4 Å². The van der Waals surface area contributed by atoms with Crippen molar-refractivity contribution in [1.82, 2.24) is 9.47 Å². The van der Waals surface area contributed by atoms with Crippen LogP contribution in [0.3, 0.4) is 0 Å². The Kier molecular flexibility index (Phi) is 6.48. The van der Waals surface area contributed by atoms with Gasteiger partial charge in [-0.1, -0.05) is 36.4 Å². The second-order valence-corrected chi connectivity index (χ2v) is 8.78. The zero-order chi connectivity index (χ0) is 21.6. The molecule has 0 bridgehead atoms. The van der Waals surface area contributed by atoms with Crippen LogP contribution in [-0.2, 0) is 19.5 Å². The minimum Gasteiger partial charge on any atom is -0.454 e. The highest BCUT2D eigenvalue weighted by Crippen LogP contribution is 2.20. The number of hydrogen-bond acceptors (Lipinski definition) is 4. The predicted octanol–water partition coefficient (Wildman–Crippen LogP) is 4.74. The van der Waals surface area contributed by atoms with Crippen LogP contribution in [0.5, 0.6) is 0 Å². The number of aryl methyl sites for hydroxylation is 1. The lowest BCUT2D eigenvalue weighted by Crippen LogP contribution is -2.32. The normalized spacial score (nSPS) is 10.9. The maximum Gasteiger partial charge on any atom is 0.289 e. The largest absolute Gasteiger partial charge is 0.454 e. The number of amides is 1. The number of nitrogens with zero attached hydrogens (tertiary/aromatic N) is 2. The van der Waals surface area contributed by atoms with Crippen LogP contribution in [0, 0.1) is 6.92 Å². The fourth-order valence-corrected chi connectivity index (χ4v) is 4.32. The lowest BCUT2D eigenvalue weighted by molar-refractivity contribution is 0.0712. The van der Waals surface area contributed by atoms with Gasteiger partial charge < -0.3 is 13.9 Å². The first-order valence-electron chi connectivity index (χ1n) is 10.2. The van der Waals surface area contributed by atoms with E-state index in [0.717, 1.165) is 11.3 Å². The summed E-state index contributed by atoms with van der Waals surface area (Å²) in [6.45, 7) is 3.49. The van der Waals surface area contributed by atoms with Crippen LogP contribution in [0.25, 0.3) is 0 Å². The van der Waals surface area contributed by atoms with Crippen LogP contribution in [0.1, 0.15) is 31.6 Å². The topological polar surface area (TPSA) is 55.5 Å². The Morgan fingerprint density at radius 3 is 2.55 bits per heavy atom. The molecule has 6 heteroatoms. The summed E-state index contributed by atoms with van der Waals surface area (Å²) < 4.78 is 7.38. The molecule has 0 unspecified atom stereocenters. The van der Waals surface area contributed by atoms with Crippen molar-refractivity contribution < 1.29 is 9.21 Å². The summed E-state index contributed by atoms with van der Waals surface area (Å²) in [6, 6.07) is 22.7. The molecule has 3 aromatic heterocycles. The number of hydrogen-bond donors (Lipinski definition) is 0. The molecule has 0 aliphatic heterocycles. The van der Waals surface area contributed by atoms with E-state index in [1.54, 1.807) is 46.4 Å². The number of pyridine rings is 1. The van der Waals surface area contributed by atoms with E-state index in [1.165, 1.54) is 16.5 Å². The first kappa shape index (κ1) is 20.9. The van der Waals surface area contributed by atoms with Crippen LogP contribution in [-0.4, -0.2) is 21.9 Å². The van der Waals surface area contributed by atoms with Crippen LogP contribution in [0.2, 0.25) is 0 Å². The third kappa shape index (κ3) is 5.41. The number of benzene rings is 1. The van der Waals surface area contributed by atoms with Gasteiger partial charge in [-0.3, -0.25) is 9.59 Å². The number of carbonyl (C=O) groups is 1. The smallest absolute Gasteiger partial charge is 0.289 e. The number of carbonyl (C=O) groups excluding carboxylic acids is 1. The molecule has 0 saturated carbocycles. The molecular weight excluding hydrogens is 408 g/mol. The van der Waals surface area contributed by atoms with Gasteiger partial charge in [0.05, 0.1) is 13.1 Å². The molecule has 0 N–H and O–H groups in total. The molecule has 4 aromatic rings. The van der Waals surface area contributed by atoms with E-state index >= 15 is 0 Å². The summed E-state index contributed by atoms with van der Waals surface area (Å²) in [7, 11) is 0. The molecule has 0 aliphatic rings. The molecule has 4 rings (SSSR count). The second-order valence-electron chi connectivity index (χ2n) is 7.41. The van der Waals surface area contributed by atoms with Crippen molar-refractivity contribution in [3.05, 3.63) is 116 Å². The summed E-state index contributed by atoms with van der Waals surface area (Å²) in [5, 5.41) is 0. The molecule has 158 valence electrons. The van der Waals surface area contributed by atoms with Crippen LogP contribution >= 0.6 is 11.3 Å². The standard InChI is InChI=1S/C25H24N2O3S/c1-19-10-12-22(31-19)18-27(16-14-20-7-3-2-4-8-20)25(29)23-13-11-21(30-23)17-26-15-6-5-9-24(26)28/h2-13,15H,14,16-18H2,1H3. The average molecular weight is 433 g/mol. The minimum atomic E-state index is -0.145. The third-order valence-electron chi connectivity index (χ3n) is 5.04. The summed E-state index contributed by atoms with van der Waals surface area (Å²) in [5.74, 6) is 0.723. The number of furan rings is 1. The average Bonchev–Trinajstić information content (AvgIpc) is 3.42. The SMILES string of the molecule is Cc1ccc(CN(CCc2ccccc2)C(=O)c2ccc(Cn3ccccc3=O)o2)s1. The number of aromatic nitrogens is 1. The van der Waals surface area contributed by atoms with Crippen molar-refractivity contribution >= 4 is 17.2 Å². The molecule has 0 saturated heterocycles. The molecule has 0 radical (unpaired) electrons. The zero-order valence-electron chi connectivity index (χ0n) is 17.4. The first-order valence-corrected chi connectivity index (χ1v) is 11.0. The molecule has 3 heterocycles. The quantitative estimate of drug-likeness (QED) is 0.404. The molecular formula is C25H24N2O3S. The Bertz CT molecular complexity index is 1210. The lowest BCUT2D eigenvalue weighted by Gasteiger charge is -2.21. The van der Waals surface area contributed by atoms with Crippen LogP contribution < -0.4 is 5.56 Å². The Hall–Kier alpha value is -3.38. The van der Waals surface area contributed by atoms with Gasteiger partial charge in [-0.25, -0.2) is 0 Å². The summed E-state index contributed by atoms with van der Waals surface area (Å²) >= 11 is 1.70. The minimum absolute atomic E-state index is 0.107. The van der Waals surface area contributed by atoms with Gasteiger partial charge in [0.25, 0.3) is 11.5 Å². The highest BCUT2D eigenvalue weighted by Gasteiger charge is 2.20. The van der Waals surface area contributed by atoms with Gasteiger partial charge in [0, 0.05) is 28.6 Å². The predicted molar refractivity (Wildman–Crippen MR) is 122 cm³/mol. The zero-order valence-corrected chi connectivity index (χ0v) is 18.2. The van der Waals surface area contributed by atoms with Gasteiger partial charge in [-0.2, -0.15) is 0 Å². The maximum absolute atomic E-state index is 13.3. The lowest BCUT2D eigenvalue weighted by atomic mass is 10.1. The molecule has 1 amide bonds. The van der Waals surface area contributed by atoms with Crippen LogP contribution in [0.15, 0.2) is 88.2 Å². The Labute approximate surface area is 185 Å². The molecule has 0 aliphatic carbocycles. The molecule has 0 atom stereocenters. The fourth-order valence-electron chi connectivity index (χ4n) is 3.41. The van der Waals surface area contributed by atoms with Crippen molar-refractivity contribution in [2.24, 2.45) is 0 Å². The molecule has 0 spiro atoms. The highest BCUT2D eigenvalue weighted by atomic mass is 32.1. The number of thiophene rings is 1. The van der Waals surface area contributed by atoms with Crippen LogP contribution in [0.4, 0.5) is 0 Å². The second kappa shape index (κ2) is 9.62. The van der Waals surface area contributed by atoms with Gasteiger partial charge in [-0.05, 0) is 49.2 Å². The van der Waals surface area contributed by atoms with Crippen molar-refractivity contribution in [2.75, 3.05) is 6.54 Å². The van der Waals surface area contributed by atoms with E-state index in [4.69, 9.17) is 4.42 Å². The van der Waals surface area contributed by atoms with E-state index in [1.807, 2.05) is 23.1 Å². The molecule has 0 fully saturated rings. The third-order valence-corrected chi connectivity index (χ3v) is 6.03. The summed E-state index contributed by atoms with van der Waals surface area (Å²) in [5.41, 5.74) is 1.08. The molecule has 31 heavy (non-hydrogen) atoms. The van der Waals surface area contributed by atoms with Crippen molar-refractivity contribution in [1.29, 1.82) is 0 Å². The Balaban J connectivity index is 1.51. The Morgan fingerprint density at radius 2 is 1.81 bits per heavy atom. The van der Waals surface area contributed by atoms with Gasteiger partial charge in [0.1, 0.15) is 5.76 Å². The van der Waals surface area contributed by atoms with Crippen molar-refractivity contribution in [3.8, 4) is 0 Å². The summed E-state index contributed by atoms with van der Waals surface area (Å²) in [6.07, 6.45) is 2.47. The van der Waals surface area contributed by atoms with E-state index in [0.29, 0.717) is 31.2 Å². The van der Waals surface area contributed by atoms with Crippen molar-refractivity contribution in [3.63, 3.8) is 0 Å². The molecule has 5 nitrogen and oxygen atoms in total.